The van der Waals surface area contributed by atoms with Gasteiger partial charge in [0.05, 0.1) is 0 Å². The minimum atomic E-state index is 0.546. The Hall–Kier alpha value is -1.12. The van der Waals surface area contributed by atoms with E-state index in [1.807, 2.05) is 11.3 Å². The Labute approximate surface area is 119 Å². The van der Waals surface area contributed by atoms with E-state index < -0.39 is 0 Å². The van der Waals surface area contributed by atoms with Crippen LogP contribution in [0.15, 0.2) is 47.8 Å². The molecule has 0 aliphatic heterocycles. The summed E-state index contributed by atoms with van der Waals surface area (Å²) in [7, 11) is 0. The predicted molar refractivity (Wildman–Crippen MR) is 82.6 cm³/mol. The van der Waals surface area contributed by atoms with E-state index in [4.69, 9.17) is 0 Å². The summed E-state index contributed by atoms with van der Waals surface area (Å²) in [6.45, 7) is 3.35. The van der Waals surface area contributed by atoms with Crippen molar-refractivity contribution >= 4 is 11.3 Å². The first-order valence-electron chi connectivity index (χ1n) is 7.22. The molecule has 1 saturated carbocycles. The van der Waals surface area contributed by atoms with Gasteiger partial charge in [-0.25, -0.2) is 0 Å². The van der Waals surface area contributed by atoms with Crippen LogP contribution in [-0.4, -0.2) is 6.54 Å². The van der Waals surface area contributed by atoms with Crippen LogP contribution >= 0.6 is 11.3 Å². The topological polar surface area (TPSA) is 12.0 Å². The molecule has 0 radical (unpaired) electrons. The van der Waals surface area contributed by atoms with Gasteiger partial charge in [-0.1, -0.05) is 43.3 Å². The van der Waals surface area contributed by atoms with Crippen molar-refractivity contribution in [3.05, 3.63) is 58.3 Å². The zero-order valence-electron chi connectivity index (χ0n) is 11.4. The van der Waals surface area contributed by atoms with Gasteiger partial charge in [0.15, 0.2) is 0 Å². The van der Waals surface area contributed by atoms with Gasteiger partial charge in [-0.2, -0.15) is 0 Å². The summed E-state index contributed by atoms with van der Waals surface area (Å²) in [5, 5.41) is 5.93. The second-order valence-electron chi connectivity index (χ2n) is 5.36. The van der Waals surface area contributed by atoms with E-state index >= 15 is 0 Å². The highest BCUT2D eigenvalue weighted by Crippen LogP contribution is 2.54. The lowest BCUT2D eigenvalue weighted by Crippen LogP contribution is -2.23. The molecule has 3 unspecified atom stereocenters. The number of nitrogens with one attached hydrogen (secondary N) is 1. The Bertz CT molecular complexity index is 491. The van der Waals surface area contributed by atoms with Crippen molar-refractivity contribution in [1.29, 1.82) is 0 Å². The Morgan fingerprint density at radius 3 is 2.74 bits per heavy atom. The molecule has 19 heavy (non-hydrogen) atoms. The lowest BCUT2D eigenvalue weighted by atomic mass is 10.0. The summed E-state index contributed by atoms with van der Waals surface area (Å²) < 4.78 is 0. The van der Waals surface area contributed by atoms with Crippen LogP contribution in [0, 0.1) is 5.92 Å². The number of hydrogen-bond donors (Lipinski definition) is 1. The van der Waals surface area contributed by atoms with Crippen LogP contribution in [-0.2, 0) is 0 Å². The van der Waals surface area contributed by atoms with Gasteiger partial charge in [0.2, 0.25) is 0 Å². The SMILES string of the molecule is CCCNC(c1cccs1)C1CC1c1ccccc1. The quantitative estimate of drug-likeness (QED) is 0.810. The van der Waals surface area contributed by atoms with E-state index in [1.165, 1.54) is 23.3 Å². The molecule has 0 bridgehead atoms. The molecule has 1 nitrogen and oxygen atoms in total. The van der Waals surface area contributed by atoms with Gasteiger partial charge in [-0.3, -0.25) is 0 Å². The molecule has 0 saturated heterocycles. The number of benzene rings is 1. The second kappa shape index (κ2) is 5.89. The van der Waals surface area contributed by atoms with E-state index in [-0.39, 0.29) is 0 Å². The van der Waals surface area contributed by atoms with Gasteiger partial charge in [0.25, 0.3) is 0 Å². The van der Waals surface area contributed by atoms with Crippen molar-refractivity contribution in [3.8, 4) is 0 Å². The van der Waals surface area contributed by atoms with Crippen molar-refractivity contribution < 1.29 is 0 Å². The second-order valence-corrected chi connectivity index (χ2v) is 6.34. The predicted octanol–water partition coefficient (Wildman–Crippen LogP) is 4.59. The van der Waals surface area contributed by atoms with Gasteiger partial charge in [-0.05, 0) is 48.2 Å². The van der Waals surface area contributed by atoms with Gasteiger partial charge >= 0.3 is 0 Å². The summed E-state index contributed by atoms with van der Waals surface area (Å²) in [5.74, 6) is 1.52. The zero-order valence-corrected chi connectivity index (χ0v) is 12.2. The number of hydrogen-bond acceptors (Lipinski definition) is 2. The molecule has 1 aromatic carbocycles. The third kappa shape index (κ3) is 2.90. The maximum Gasteiger partial charge on any atom is 0.0449 e. The van der Waals surface area contributed by atoms with Gasteiger partial charge in [0, 0.05) is 10.9 Å². The fourth-order valence-electron chi connectivity index (χ4n) is 2.90. The van der Waals surface area contributed by atoms with E-state index in [1.54, 1.807) is 0 Å². The first-order valence-corrected chi connectivity index (χ1v) is 8.10. The molecule has 0 spiro atoms. The fourth-order valence-corrected chi connectivity index (χ4v) is 3.77. The van der Waals surface area contributed by atoms with Crippen molar-refractivity contribution in [2.24, 2.45) is 5.92 Å². The molecule has 1 fully saturated rings. The number of thiophene rings is 1. The molecule has 0 amide bonds. The van der Waals surface area contributed by atoms with Gasteiger partial charge in [0.1, 0.15) is 0 Å². The first kappa shape index (κ1) is 12.9. The first-order chi connectivity index (χ1) is 9.40. The van der Waals surface area contributed by atoms with Crippen LogP contribution in [0.3, 0.4) is 0 Å². The summed E-state index contributed by atoms with van der Waals surface area (Å²) in [5.41, 5.74) is 1.51. The van der Waals surface area contributed by atoms with E-state index in [9.17, 15) is 0 Å². The lowest BCUT2D eigenvalue weighted by Gasteiger charge is -2.17. The third-order valence-corrected chi connectivity index (χ3v) is 4.92. The summed E-state index contributed by atoms with van der Waals surface area (Å²) in [4.78, 5) is 1.50. The average Bonchev–Trinajstić information content (AvgIpc) is 3.05. The zero-order chi connectivity index (χ0) is 13.1. The minimum absolute atomic E-state index is 0.546. The fraction of sp³-hybridized carbons (Fsp3) is 0.412. The molecule has 3 atom stereocenters. The molecule has 100 valence electrons. The van der Waals surface area contributed by atoms with Crippen molar-refractivity contribution in [1.82, 2.24) is 5.32 Å². The molecule has 2 heteroatoms. The summed E-state index contributed by atoms with van der Waals surface area (Å²) in [6, 6.07) is 16.0. The van der Waals surface area contributed by atoms with Crippen molar-refractivity contribution in [3.63, 3.8) is 0 Å². The maximum absolute atomic E-state index is 3.74. The monoisotopic (exact) mass is 271 g/mol. The lowest BCUT2D eigenvalue weighted by molar-refractivity contribution is 0.480. The Kier molecular flexibility index (Phi) is 4.00. The Morgan fingerprint density at radius 1 is 1.21 bits per heavy atom. The van der Waals surface area contributed by atoms with E-state index in [0.29, 0.717) is 6.04 Å². The van der Waals surface area contributed by atoms with Crippen LogP contribution < -0.4 is 5.32 Å². The average molecular weight is 271 g/mol. The molecule has 3 rings (SSSR count). The van der Waals surface area contributed by atoms with Gasteiger partial charge in [-0.15, -0.1) is 11.3 Å². The third-order valence-electron chi connectivity index (χ3n) is 3.96. The summed E-state index contributed by atoms with van der Waals surface area (Å²) >= 11 is 1.88. The molecular weight excluding hydrogens is 250 g/mol. The highest BCUT2D eigenvalue weighted by atomic mass is 32.1. The largest absolute Gasteiger partial charge is 0.309 e. The van der Waals surface area contributed by atoms with Crippen LogP contribution in [0.2, 0.25) is 0 Å². The molecule has 1 aliphatic carbocycles. The Balaban J connectivity index is 1.72. The molecular formula is C17H21NS. The van der Waals surface area contributed by atoms with Crippen molar-refractivity contribution in [2.75, 3.05) is 6.54 Å². The maximum atomic E-state index is 3.74. The molecule has 1 heterocycles. The van der Waals surface area contributed by atoms with Gasteiger partial charge < -0.3 is 5.32 Å². The minimum Gasteiger partial charge on any atom is -0.309 e. The van der Waals surface area contributed by atoms with E-state index in [0.717, 1.165) is 18.4 Å². The van der Waals surface area contributed by atoms with Crippen LogP contribution in [0.25, 0.3) is 0 Å². The van der Waals surface area contributed by atoms with Crippen molar-refractivity contribution in [2.45, 2.75) is 31.7 Å². The smallest absolute Gasteiger partial charge is 0.0449 e. The molecule has 2 aromatic rings. The standard InChI is InChI=1S/C17H21NS/c1-2-10-18-17(16-9-6-11-19-16)15-12-14(15)13-7-4-3-5-8-13/h3-9,11,14-15,17-18H,2,10,12H2,1H3. The normalized spacial score (nSPS) is 23.2. The molecule has 1 aliphatic rings. The van der Waals surface area contributed by atoms with Crippen LogP contribution in [0.4, 0.5) is 0 Å². The number of rotatable bonds is 6. The summed E-state index contributed by atoms with van der Waals surface area (Å²) in [6.07, 6.45) is 2.52. The van der Waals surface area contributed by atoms with Crippen LogP contribution in [0.5, 0.6) is 0 Å². The highest BCUT2D eigenvalue weighted by Gasteiger charge is 2.44. The Morgan fingerprint density at radius 2 is 2.05 bits per heavy atom. The van der Waals surface area contributed by atoms with E-state index in [2.05, 4.69) is 60.1 Å². The highest BCUT2D eigenvalue weighted by molar-refractivity contribution is 7.10. The molecule has 1 aromatic heterocycles. The molecule has 1 N–H and O–H groups in total. The van der Waals surface area contributed by atoms with Crippen LogP contribution in [0.1, 0.15) is 42.2 Å².